The zero-order chi connectivity index (χ0) is 17.6. The Balaban J connectivity index is 1.77. The minimum Gasteiger partial charge on any atom is -0.478 e. The van der Waals surface area contributed by atoms with Crippen molar-refractivity contribution >= 4 is 17.4 Å². The molecule has 1 saturated heterocycles. The van der Waals surface area contributed by atoms with Gasteiger partial charge in [-0.05, 0) is 38.0 Å². The summed E-state index contributed by atoms with van der Waals surface area (Å²) in [5.41, 5.74) is 7.57. The van der Waals surface area contributed by atoms with Gasteiger partial charge in [-0.2, -0.15) is 4.98 Å². The molecule has 6 heteroatoms. The lowest BCUT2D eigenvalue weighted by molar-refractivity contribution is 0.102. The third-order valence-corrected chi connectivity index (χ3v) is 4.29. The van der Waals surface area contributed by atoms with E-state index in [2.05, 4.69) is 15.2 Å². The summed E-state index contributed by atoms with van der Waals surface area (Å²) in [5, 5.41) is 2.86. The van der Waals surface area contributed by atoms with Crippen molar-refractivity contribution in [1.29, 1.82) is 0 Å². The summed E-state index contributed by atoms with van der Waals surface area (Å²) in [6, 6.07) is 13.2. The van der Waals surface area contributed by atoms with Crippen LogP contribution in [0, 0.1) is 0 Å². The van der Waals surface area contributed by atoms with Gasteiger partial charge in [-0.25, -0.2) is 0 Å². The van der Waals surface area contributed by atoms with E-state index < -0.39 is 0 Å². The maximum atomic E-state index is 12.8. The van der Waals surface area contributed by atoms with Crippen LogP contribution in [0.15, 0.2) is 42.5 Å². The normalized spacial score (nSPS) is 15.0. The molecule has 1 aliphatic heterocycles. The minimum absolute atomic E-state index is 0.174. The molecule has 2 heterocycles. The molecule has 0 saturated carbocycles. The molecule has 1 aliphatic rings. The summed E-state index contributed by atoms with van der Waals surface area (Å²) in [6.07, 6.45) is 1.88. The number of nitrogens with zero attached hydrogens (tertiary/aromatic N) is 2. The van der Waals surface area contributed by atoms with Gasteiger partial charge < -0.3 is 20.7 Å². The Morgan fingerprint density at radius 2 is 2.00 bits per heavy atom. The van der Waals surface area contributed by atoms with E-state index in [9.17, 15) is 4.79 Å². The van der Waals surface area contributed by atoms with E-state index in [4.69, 9.17) is 10.5 Å². The second-order valence-corrected chi connectivity index (χ2v) is 6.09. The zero-order valence-electron chi connectivity index (χ0n) is 14.4. The fraction of sp³-hybridized carbons (Fsp3) is 0.368. The summed E-state index contributed by atoms with van der Waals surface area (Å²) in [7, 11) is 0. The molecule has 0 bridgehead atoms. The zero-order valence-corrected chi connectivity index (χ0v) is 14.4. The smallest absolute Gasteiger partial charge is 0.258 e. The molecule has 1 aromatic heterocycles. The molecular weight excluding hydrogens is 316 g/mol. The monoisotopic (exact) mass is 340 g/mol. The Morgan fingerprint density at radius 1 is 1.24 bits per heavy atom. The number of nitrogens with one attached hydrogen (secondary N) is 1. The third-order valence-electron chi connectivity index (χ3n) is 4.29. The van der Waals surface area contributed by atoms with Gasteiger partial charge in [0.2, 0.25) is 5.88 Å². The topological polar surface area (TPSA) is 80.5 Å². The number of ether oxygens (including phenoxy) is 1. The van der Waals surface area contributed by atoms with E-state index in [0.717, 1.165) is 31.6 Å². The molecule has 1 amide bonds. The SMILES string of the molecule is CCOc1cccc(NC(=O)c2ccccc2N2CCC(N)CC2)n1. The predicted octanol–water partition coefficient (Wildman–Crippen LogP) is 2.66. The van der Waals surface area contributed by atoms with E-state index >= 15 is 0 Å². The molecule has 25 heavy (non-hydrogen) atoms. The molecule has 1 aromatic carbocycles. The number of pyridine rings is 1. The summed E-state index contributed by atoms with van der Waals surface area (Å²) in [4.78, 5) is 19.3. The Hall–Kier alpha value is -2.60. The fourth-order valence-corrected chi connectivity index (χ4v) is 2.98. The highest BCUT2D eigenvalue weighted by Crippen LogP contribution is 2.25. The Labute approximate surface area is 148 Å². The van der Waals surface area contributed by atoms with E-state index in [1.807, 2.05) is 37.3 Å². The molecule has 132 valence electrons. The lowest BCUT2D eigenvalue weighted by atomic mass is 10.0. The molecule has 3 N–H and O–H groups in total. The number of piperidine rings is 1. The summed E-state index contributed by atoms with van der Waals surface area (Å²) >= 11 is 0. The van der Waals surface area contributed by atoms with Crippen LogP contribution < -0.4 is 20.7 Å². The molecule has 0 atom stereocenters. The highest BCUT2D eigenvalue weighted by molar-refractivity contribution is 6.07. The van der Waals surface area contributed by atoms with Gasteiger partial charge in [0.15, 0.2) is 0 Å². The van der Waals surface area contributed by atoms with Gasteiger partial charge in [0.05, 0.1) is 12.2 Å². The molecule has 2 aromatic rings. The predicted molar refractivity (Wildman–Crippen MR) is 99.2 cm³/mol. The fourth-order valence-electron chi connectivity index (χ4n) is 2.98. The largest absolute Gasteiger partial charge is 0.478 e. The second kappa shape index (κ2) is 7.98. The van der Waals surface area contributed by atoms with Crippen molar-refractivity contribution in [3.05, 3.63) is 48.0 Å². The van der Waals surface area contributed by atoms with Crippen LogP contribution in [0.1, 0.15) is 30.1 Å². The van der Waals surface area contributed by atoms with Crippen molar-refractivity contribution in [3.8, 4) is 5.88 Å². The average Bonchev–Trinajstić information content (AvgIpc) is 2.63. The lowest BCUT2D eigenvalue weighted by Gasteiger charge is -2.33. The average molecular weight is 340 g/mol. The standard InChI is InChI=1S/C19H24N4O2/c1-2-25-18-9-5-8-17(21-18)22-19(24)15-6-3-4-7-16(15)23-12-10-14(20)11-13-23/h3-9,14H,2,10-13,20H2,1H3,(H,21,22,24). The van der Waals surface area contributed by atoms with Gasteiger partial charge in [-0.1, -0.05) is 18.2 Å². The van der Waals surface area contributed by atoms with Crippen LogP contribution in [0.5, 0.6) is 5.88 Å². The van der Waals surface area contributed by atoms with Gasteiger partial charge in [-0.15, -0.1) is 0 Å². The Kier molecular flexibility index (Phi) is 5.50. The van der Waals surface area contributed by atoms with Gasteiger partial charge in [-0.3, -0.25) is 4.79 Å². The Morgan fingerprint density at radius 3 is 2.76 bits per heavy atom. The summed E-state index contributed by atoms with van der Waals surface area (Å²) < 4.78 is 5.38. The number of carbonyl (C=O) groups is 1. The molecule has 1 fully saturated rings. The number of hydrogen-bond acceptors (Lipinski definition) is 5. The molecule has 0 unspecified atom stereocenters. The number of benzene rings is 1. The number of amides is 1. The Bertz CT molecular complexity index is 727. The third kappa shape index (κ3) is 4.28. The summed E-state index contributed by atoms with van der Waals surface area (Å²) in [6.45, 7) is 4.16. The molecule has 6 nitrogen and oxygen atoms in total. The quantitative estimate of drug-likeness (QED) is 0.875. The van der Waals surface area contributed by atoms with Crippen LogP contribution in [0.4, 0.5) is 11.5 Å². The molecular formula is C19H24N4O2. The van der Waals surface area contributed by atoms with Crippen LogP contribution >= 0.6 is 0 Å². The lowest BCUT2D eigenvalue weighted by Crippen LogP contribution is -2.40. The van der Waals surface area contributed by atoms with Crippen LogP contribution in [0.3, 0.4) is 0 Å². The van der Waals surface area contributed by atoms with Crippen LogP contribution in [0.2, 0.25) is 0 Å². The first-order valence-electron chi connectivity index (χ1n) is 8.68. The van der Waals surface area contributed by atoms with Crippen molar-refractivity contribution < 1.29 is 9.53 Å². The first-order chi connectivity index (χ1) is 12.2. The number of anilines is 2. The number of aromatic nitrogens is 1. The molecule has 3 rings (SSSR count). The molecule has 0 radical (unpaired) electrons. The van der Waals surface area contributed by atoms with Gasteiger partial charge in [0, 0.05) is 30.9 Å². The van der Waals surface area contributed by atoms with E-state index in [1.165, 1.54) is 0 Å². The number of para-hydroxylation sites is 1. The number of carbonyl (C=O) groups excluding carboxylic acids is 1. The first-order valence-corrected chi connectivity index (χ1v) is 8.68. The maximum absolute atomic E-state index is 12.8. The van der Waals surface area contributed by atoms with Crippen LogP contribution in [-0.2, 0) is 0 Å². The summed E-state index contributed by atoms with van der Waals surface area (Å²) in [5.74, 6) is 0.802. The number of hydrogen-bond donors (Lipinski definition) is 2. The van der Waals surface area contributed by atoms with Crippen molar-refractivity contribution in [2.24, 2.45) is 5.73 Å². The van der Waals surface area contributed by atoms with Gasteiger partial charge in [0.1, 0.15) is 5.82 Å². The van der Waals surface area contributed by atoms with Crippen LogP contribution in [0.25, 0.3) is 0 Å². The number of rotatable bonds is 5. The number of nitrogens with two attached hydrogens (primary N) is 1. The first kappa shape index (κ1) is 17.2. The highest BCUT2D eigenvalue weighted by atomic mass is 16.5. The molecule has 0 spiro atoms. The minimum atomic E-state index is -0.174. The van der Waals surface area contributed by atoms with Crippen molar-refractivity contribution in [2.45, 2.75) is 25.8 Å². The van der Waals surface area contributed by atoms with Crippen molar-refractivity contribution in [2.75, 3.05) is 29.9 Å². The highest BCUT2D eigenvalue weighted by Gasteiger charge is 2.21. The van der Waals surface area contributed by atoms with Gasteiger partial charge in [0.25, 0.3) is 5.91 Å². The van der Waals surface area contributed by atoms with E-state index in [0.29, 0.717) is 23.9 Å². The van der Waals surface area contributed by atoms with E-state index in [1.54, 1.807) is 12.1 Å². The van der Waals surface area contributed by atoms with Crippen LogP contribution in [-0.4, -0.2) is 36.6 Å². The second-order valence-electron chi connectivity index (χ2n) is 6.09. The van der Waals surface area contributed by atoms with Crippen molar-refractivity contribution in [1.82, 2.24) is 4.98 Å². The maximum Gasteiger partial charge on any atom is 0.258 e. The van der Waals surface area contributed by atoms with Gasteiger partial charge >= 0.3 is 0 Å². The van der Waals surface area contributed by atoms with E-state index in [-0.39, 0.29) is 11.9 Å². The van der Waals surface area contributed by atoms with Crippen molar-refractivity contribution in [3.63, 3.8) is 0 Å². The molecule has 0 aliphatic carbocycles.